The first-order chi connectivity index (χ1) is 11.0. The van der Waals surface area contributed by atoms with Crippen LogP contribution >= 0.6 is 11.8 Å². The molecule has 0 aliphatic heterocycles. The maximum atomic E-state index is 12.0. The molecule has 1 aromatic heterocycles. The van der Waals surface area contributed by atoms with Crippen molar-refractivity contribution >= 4 is 17.7 Å². The van der Waals surface area contributed by atoms with E-state index in [4.69, 9.17) is 5.26 Å². The SMILES string of the molecule is Cc1[nH]c(=O)nc(SCC(=O)N[C@H](C)c2ccccc2)c1C#N. The Hall–Kier alpha value is -2.59. The zero-order valence-corrected chi connectivity index (χ0v) is 13.6. The Labute approximate surface area is 138 Å². The van der Waals surface area contributed by atoms with Crippen LogP contribution in [0, 0.1) is 18.3 Å². The van der Waals surface area contributed by atoms with Gasteiger partial charge in [-0.2, -0.15) is 10.2 Å². The van der Waals surface area contributed by atoms with Crippen LogP contribution in [0.1, 0.15) is 29.8 Å². The standard InChI is InChI=1S/C16H16N4O2S/c1-10(12-6-4-3-5-7-12)18-14(21)9-23-15-13(8-17)11(2)19-16(22)20-15/h3-7,10H,9H2,1-2H3,(H,18,21)(H,19,20,22)/t10-/m1/s1. The first-order valence-corrected chi connectivity index (χ1v) is 7.98. The molecule has 118 valence electrons. The second kappa shape index (κ2) is 7.61. The Kier molecular flexibility index (Phi) is 5.55. The number of aryl methyl sites for hydroxylation is 1. The number of hydrogen-bond donors (Lipinski definition) is 2. The number of benzene rings is 1. The number of rotatable bonds is 5. The van der Waals surface area contributed by atoms with Gasteiger partial charge in [0, 0.05) is 5.69 Å². The van der Waals surface area contributed by atoms with Gasteiger partial charge in [-0.1, -0.05) is 42.1 Å². The van der Waals surface area contributed by atoms with E-state index in [9.17, 15) is 9.59 Å². The van der Waals surface area contributed by atoms with Crippen LogP contribution in [-0.2, 0) is 4.79 Å². The van der Waals surface area contributed by atoms with Gasteiger partial charge in [0.1, 0.15) is 16.7 Å². The van der Waals surface area contributed by atoms with Crippen molar-refractivity contribution in [1.82, 2.24) is 15.3 Å². The van der Waals surface area contributed by atoms with Crippen LogP contribution in [0.4, 0.5) is 0 Å². The third-order valence-electron chi connectivity index (χ3n) is 3.22. The van der Waals surface area contributed by atoms with Crippen molar-refractivity contribution in [3.8, 4) is 6.07 Å². The lowest BCUT2D eigenvalue weighted by atomic mass is 10.1. The topological polar surface area (TPSA) is 98.6 Å². The van der Waals surface area contributed by atoms with Crippen LogP contribution in [0.2, 0.25) is 0 Å². The fourth-order valence-electron chi connectivity index (χ4n) is 2.04. The Morgan fingerprint density at radius 3 is 2.78 bits per heavy atom. The van der Waals surface area contributed by atoms with E-state index in [0.29, 0.717) is 11.3 Å². The van der Waals surface area contributed by atoms with E-state index in [1.54, 1.807) is 6.92 Å². The number of amides is 1. The highest BCUT2D eigenvalue weighted by molar-refractivity contribution is 8.00. The van der Waals surface area contributed by atoms with Gasteiger partial charge in [0.15, 0.2) is 0 Å². The van der Waals surface area contributed by atoms with Gasteiger partial charge in [0.05, 0.1) is 11.8 Å². The Balaban J connectivity index is 2.00. The molecule has 1 atom stereocenters. The number of carbonyl (C=O) groups excluding carboxylic acids is 1. The number of H-pyrrole nitrogens is 1. The molecule has 2 aromatic rings. The third kappa shape index (κ3) is 4.44. The number of hydrogen-bond acceptors (Lipinski definition) is 5. The number of nitrogens with zero attached hydrogens (tertiary/aromatic N) is 2. The second-order valence-corrected chi connectivity index (χ2v) is 5.91. The minimum absolute atomic E-state index is 0.0851. The van der Waals surface area contributed by atoms with Crippen molar-refractivity contribution in [2.24, 2.45) is 0 Å². The number of nitrogens with one attached hydrogen (secondary N) is 2. The van der Waals surface area contributed by atoms with Gasteiger partial charge in [-0.05, 0) is 19.4 Å². The van der Waals surface area contributed by atoms with Crippen LogP contribution in [0.15, 0.2) is 40.2 Å². The van der Waals surface area contributed by atoms with Crippen LogP contribution < -0.4 is 11.0 Å². The van der Waals surface area contributed by atoms with E-state index in [-0.39, 0.29) is 22.7 Å². The largest absolute Gasteiger partial charge is 0.349 e. The highest BCUT2D eigenvalue weighted by atomic mass is 32.2. The number of thioether (sulfide) groups is 1. The van der Waals surface area contributed by atoms with Gasteiger partial charge >= 0.3 is 5.69 Å². The smallest absolute Gasteiger partial charge is 0.346 e. The third-order valence-corrected chi connectivity index (χ3v) is 4.19. The van der Waals surface area contributed by atoms with Crippen LogP contribution in [-0.4, -0.2) is 21.6 Å². The quantitative estimate of drug-likeness (QED) is 0.645. The fraction of sp³-hybridized carbons (Fsp3) is 0.250. The highest BCUT2D eigenvalue weighted by Crippen LogP contribution is 2.20. The summed E-state index contributed by atoms with van der Waals surface area (Å²) in [5.41, 5.74) is 1.22. The minimum atomic E-state index is -0.526. The average molecular weight is 328 g/mol. The molecule has 2 N–H and O–H groups in total. The fourth-order valence-corrected chi connectivity index (χ4v) is 2.88. The molecule has 1 heterocycles. The molecule has 0 unspecified atom stereocenters. The van der Waals surface area contributed by atoms with Crippen molar-refractivity contribution in [3.63, 3.8) is 0 Å². The van der Waals surface area contributed by atoms with Gasteiger partial charge in [0.2, 0.25) is 5.91 Å². The summed E-state index contributed by atoms with van der Waals surface area (Å²) in [4.78, 5) is 29.7. The summed E-state index contributed by atoms with van der Waals surface area (Å²) in [5, 5.41) is 12.3. The van der Waals surface area contributed by atoms with Crippen LogP contribution in [0.25, 0.3) is 0 Å². The van der Waals surface area contributed by atoms with E-state index >= 15 is 0 Å². The normalized spacial score (nSPS) is 11.5. The van der Waals surface area contributed by atoms with E-state index < -0.39 is 5.69 Å². The van der Waals surface area contributed by atoms with Gasteiger partial charge in [-0.3, -0.25) is 4.79 Å². The molecule has 0 radical (unpaired) electrons. The molecule has 2 rings (SSSR count). The number of nitriles is 1. The van der Waals surface area contributed by atoms with Crippen molar-refractivity contribution in [3.05, 3.63) is 57.6 Å². The average Bonchev–Trinajstić information content (AvgIpc) is 2.53. The van der Waals surface area contributed by atoms with Crippen molar-refractivity contribution < 1.29 is 4.79 Å². The summed E-state index contributed by atoms with van der Waals surface area (Å²) in [6, 6.07) is 11.5. The first-order valence-electron chi connectivity index (χ1n) is 6.99. The predicted molar refractivity (Wildman–Crippen MR) is 88.0 cm³/mol. The van der Waals surface area contributed by atoms with Gasteiger partial charge in [-0.15, -0.1) is 0 Å². The van der Waals surface area contributed by atoms with Gasteiger partial charge in [0.25, 0.3) is 0 Å². The Morgan fingerprint density at radius 1 is 1.43 bits per heavy atom. The minimum Gasteiger partial charge on any atom is -0.349 e. The second-order valence-electron chi connectivity index (χ2n) is 4.95. The maximum Gasteiger partial charge on any atom is 0.346 e. The summed E-state index contributed by atoms with van der Waals surface area (Å²) < 4.78 is 0. The van der Waals surface area contributed by atoms with E-state index in [2.05, 4.69) is 15.3 Å². The molecule has 0 saturated carbocycles. The van der Waals surface area contributed by atoms with E-state index in [1.807, 2.05) is 43.3 Å². The maximum absolute atomic E-state index is 12.0. The molecule has 0 aliphatic carbocycles. The summed E-state index contributed by atoms with van der Waals surface area (Å²) in [7, 11) is 0. The summed E-state index contributed by atoms with van der Waals surface area (Å²) in [5.74, 6) is -0.100. The molecule has 0 bridgehead atoms. The zero-order chi connectivity index (χ0) is 16.8. The molecule has 0 aliphatic rings. The van der Waals surface area contributed by atoms with Crippen LogP contribution in [0.5, 0.6) is 0 Å². The molecule has 0 saturated heterocycles. The van der Waals surface area contributed by atoms with Gasteiger partial charge in [-0.25, -0.2) is 4.79 Å². The lowest BCUT2D eigenvalue weighted by Gasteiger charge is -2.14. The Bertz CT molecular complexity index is 796. The van der Waals surface area contributed by atoms with E-state index in [1.165, 1.54) is 0 Å². The monoisotopic (exact) mass is 328 g/mol. The molecule has 6 nitrogen and oxygen atoms in total. The van der Waals surface area contributed by atoms with Crippen LogP contribution in [0.3, 0.4) is 0 Å². The lowest BCUT2D eigenvalue weighted by Crippen LogP contribution is -2.28. The molecule has 1 amide bonds. The predicted octanol–water partition coefficient (Wildman–Crippen LogP) is 1.92. The van der Waals surface area contributed by atoms with Crippen molar-refractivity contribution in [1.29, 1.82) is 5.26 Å². The lowest BCUT2D eigenvalue weighted by molar-refractivity contribution is -0.119. The number of aromatic amines is 1. The number of carbonyl (C=O) groups is 1. The summed E-state index contributed by atoms with van der Waals surface area (Å²) in [6.07, 6.45) is 0. The molecule has 0 spiro atoms. The number of aromatic nitrogens is 2. The first kappa shape index (κ1) is 16.8. The summed E-state index contributed by atoms with van der Waals surface area (Å²) >= 11 is 1.08. The van der Waals surface area contributed by atoms with Gasteiger partial charge < -0.3 is 10.3 Å². The Morgan fingerprint density at radius 2 is 2.13 bits per heavy atom. The molecule has 0 fully saturated rings. The molecular formula is C16H16N4O2S. The van der Waals surface area contributed by atoms with Crippen molar-refractivity contribution in [2.75, 3.05) is 5.75 Å². The highest BCUT2D eigenvalue weighted by Gasteiger charge is 2.14. The molecule has 23 heavy (non-hydrogen) atoms. The molecular weight excluding hydrogens is 312 g/mol. The van der Waals surface area contributed by atoms with E-state index in [0.717, 1.165) is 17.3 Å². The summed E-state index contributed by atoms with van der Waals surface area (Å²) in [6.45, 7) is 3.53. The zero-order valence-electron chi connectivity index (χ0n) is 12.8. The molecule has 7 heteroatoms. The molecule has 1 aromatic carbocycles. The van der Waals surface area contributed by atoms with Crippen molar-refractivity contribution in [2.45, 2.75) is 24.9 Å².